The summed E-state index contributed by atoms with van der Waals surface area (Å²) in [6.07, 6.45) is 2.59. The Bertz CT molecular complexity index is 846. The molecule has 142 valence electrons. The Labute approximate surface area is 156 Å². The molecule has 2 aromatic carbocycles. The van der Waals surface area contributed by atoms with Crippen LogP contribution in [0.2, 0.25) is 0 Å². The lowest BCUT2D eigenvalue weighted by molar-refractivity contribution is -0.149. The Morgan fingerprint density at radius 3 is 2.44 bits per heavy atom. The van der Waals surface area contributed by atoms with Crippen molar-refractivity contribution >= 4 is 28.6 Å². The van der Waals surface area contributed by atoms with E-state index in [0.29, 0.717) is 18.6 Å². The van der Waals surface area contributed by atoms with Gasteiger partial charge in [-0.1, -0.05) is 49.2 Å². The van der Waals surface area contributed by atoms with Crippen molar-refractivity contribution in [3.8, 4) is 5.75 Å². The predicted octanol–water partition coefficient (Wildman–Crippen LogP) is 2.26. The average Bonchev–Trinajstić information content (AvgIpc) is 2.70. The molecule has 7 nitrogen and oxygen atoms in total. The summed E-state index contributed by atoms with van der Waals surface area (Å²) in [7, 11) is 0. The van der Waals surface area contributed by atoms with Crippen molar-refractivity contribution in [1.82, 2.24) is 10.9 Å². The van der Waals surface area contributed by atoms with Gasteiger partial charge in [-0.25, -0.2) is 0 Å². The molecule has 7 heteroatoms. The zero-order valence-electron chi connectivity index (χ0n) is 14.8. The molecule has 2 amide bonds. The van der Waals surface area contributed by atoms with E-state index in [-0.39, 0.29) is 6.61 Å². The van der Waals surface area contributed by atoms with Gasteiger partial charge in [0.25, 0.3) is 5.91 Å². The summed E-state index contributed by atoms with van der Waals surface area (Å²) < 4.78 is 5.56. The lowest BCUT2D eigenvalue weighted by Gasteiger charge is -2.27. The molecule has 2 aromatic rings. The van der Waals surface area contributed by atoms with Crippen molar-refractivity contribution in [3.63, 3.8) is 0 Å². The van der Waals surface area contributed by atoms with Gasteiger partial charge in [0.05, 0.1) is 11.8 Å². The summed E-state index contributed by atoms with van der Waals surface area (Å²) in [4.78, 5) is 35.5. The highest BCUT2D eigenvalue weighted by Crippen LogP contribution is 2.30. The van der Waals surface area contributed by atoms with E-state index < -0.39 is 29.6 Å². The van der Waals surface area contributed by atoms with Gasteiger partial charge in [0.2, 0.25) is 5.91 Å². The van der Waals surface area contributed by atoms with Crippen LogP contribution in [-0.4, -0.2) is 29.5 Å². The number of rotatable bonds is 5. The van der Waals surface area contributed by atoms with Crippen molar-refractivity contribution in [2.24, 2.45) is 11.8 Å². The van der Waals surface area contributed by atoms with Crippen LogP contribution < -0.4 is 15.6 Å². The van der Waals surface area contributed by atoms with Gasteiger partial charge in [0.15, 0.2) is 6.61 Å². The SMILES string of the molecule is O=C(COc1cccc2ccccc12)NNC(=O)[C@H]1CCCC[C@@H]1C(=O)O. The summed E-state index contributed by atoms with van der Waals surface area (Å²) in [6.45, 7) is -0.263. The average molecular weight is 370 g/mol. The molecule has 1 aliphatic rings. The second-order valence-corrected chi connectivity index (χ2v) is 6.64. The molecule has 3 rings (SSSR count). The van der Waals surface area contributed by atoms with E-state index in [9.17, 15) is 19.5 Å². The van der Waals surface area contributed by atoms with Crippen LogP contribution in [0.25, 0.3) is 10.8 Å². The van der Waals surface area contributed by atoms with Crippen LogP contribution in [0.4, 0.5) is 0 Å². The van der Waals surface area contributed by atoms with Crippen LogP contribution in [-0.2, 0) is 14.4 Å². The summed E-state index contributed by atoms with van der Waals surface area (Å²) >= 11 is 0. The third kappa shape index (κ3) is 4.55. The minimum atomic E-state index is -0.972. The number of carbonyl (C=O) groups is 3. The van der Waals surface area contributed by atoms with Gasteiger partial charge in [-0.2, -0.15) is 0 Å². The van der Waals surface area contributed by atoms with E-state index in [0.717, 1.165) is 23.6 Å². The number of fused-ring (bicyclic) bond motifs is 1. The van der Waals surface area contributed by atoms with E-state index in [1.165, 1.54) is 0 Å². The number of benzene rings is 2. The Kier molecular flexibility index (Phi) is 5.90. The zero-order chi connectivity index (χ0) is 19.2. The number of hydrogen-bond donors (Lipinski definition) is 3. The molecule has 0 saturated heterocycles. The number of carboxylic acids is 1. The van der Waals surface area contributed by atoms with E-state index in [2.05, 4.69) is 10.9 Å². The third-order valence-electron chi connectivity index (χ3n) is 4.85. The van der Waals surface area contributed by atoms with Gasteiger partial charge in [0.1, 0.15) is 5.75 Å². The van der Waals surface area contributed by atoms with Crippen LogP contribution in [0.15, 0.2) is 42.5 Å². The number of carboxylic acid groups (broad SMARTS) is 1. The number of carbonyl (C=O) groups excluding carboxylic acids is 2. The zero-order valence-corrected chi connectivity index (χ0v) is 14.8. The van der Waals surface area contributed by atoms with Gasteiger partial charge in [-0.15, -0.1) is 0 Å². The second-order valence-electron chi connectivity index (χ2n) is 6.64. The molecule has 2 atom stereocenters. The molecular weight excluding hydrogens is 348 g/mol. The molecule has 0 bridgehead atoms. The maximum atomic E-state index is 12.2. The fourth-order valence-corrected chi connectivity index (χ4v) is 3.47. The Morgan fingerprint density at radius 2 is 1.67 bits per heavy atom. The van der Waals surface area contributed by atoms with Crippen LogP contribution in [0, 0.1) is 11.8 Å². The van der Waals surface area contributed by atoms with Crippen LogP contribution in [0.1, 0.15) is 25.7 Å². The lowest BCUT2D eigenvalue weighted by Crippen LogP contribution is -2.49. The number of hydrogen-bond acceptors (Lipinski definition) is 4. The Morgan fingerprint density at radius 1 is 0.963 bits per heavy atom. The van der Waals surface area contributed by atoms with Gasteiger partial charge in [-0.05, 0) is 24.3 Å². The molecule has 0 radical (unpaired) electrons. The fourth-order valence-electron chi connectivity index (χ4n) is 3.47. The lowest BCUT2D eigenvalue weighted by atomic mass is 9.79. The molecule has 0 heterocycles. The van der Waals surface area contributed by atoms with Gasteiger partial charge < -0.3 is 9.84 Å². The molecule has 0 aromatic heterocycles. The van der Waals surface area contributed by atoms with Gasteiger partial charge >= 0.3 is 5.97 Å². The molecule has 0 aliphatic heterocycles. The standard InChI is InChI=1S/C20H22N2O5/c23-18(12-27-17-11-5-7-13-6-1-2-8-14(13)17)21-22-19(24)15-9-3-4-10-16(15)20(25)26/h1-2,5-8,11,15-16H,3-4,9-10,12H2,(H,21,23)(H,22,24)(H,25,26)/t15-,16-/m0/s1. The minimum Gasteiger partial charge on any atom is -0.483 e. The van der Waals surface area contributed by atoms with Crippen molar-refractivity contribution in [2.75, 3.05) is 6.61 Å². The van der Waals surface area contributed by atoms with Crippen LogP contribution in [0.3, 0.4) is 0 Å². The number of hydrazine groups is 1. The van der Waals surface area contributed by atoms with Crippen molar-refractivity contribution in [3.05, 3.63) is 42.5 Å². The first-order chi connectivity index (χ1) is 13.1. The first-order valence-corrected chi connectivity index (χ1v) is 8.98. The number of ether oxygens (including phenoxy) is 1. The fraction of sp³-hybridized carbons (Fsp3) is 0.350. The smallest absolute Gasteiger partial charge is 0.307 e. The first-order valence-electron chi connectivity index (χ1n) is 8.98. The highest BCUT2D eigenvalue weighted by molar-refractivity contribution is 5.89. The minimum absolute atomic E-state index is 0.263. The summed E-state index contributed by atoms with van der Waals surface area (Å²) in [5.74, 6) is -2.72. The quantitative estimate of drug-likeness (QED) is 0.700. The molecule has 3 N–H and O–H groups in total. The van der Waals surface area contributed by atoms with E-state index >= 15 is 0 Å². The molecule has 0 spiro atoms. The molecule has 0 unspecified atom stereocenters. The van der Waals surface area contributed by atoms with Crippen LogP contribution in [0.5, 0.6) is 5.75 Å². The molecule has 1 aliphatic carbocycles. The van der Waals surface area contributed by atoms with Gasteiger partial charge in [-0.3, -0.25) is 25.2 Å². The number of aliphatic carboxylic acids is 1. The van der Waals surface area contributed by atoms with Crippen LogP contribution >= 0.6 is 0 Å². The number of amides is 2. The van der Waals surface area contributed by atoms with Crippen molar-refractivity contribution in [2.45, 2.75) is 25.7 Å². The molecule has 27 heavy (non-hydrogen) atoms. The predicted molar refractivity (Wildman–Crippen MR) is 98.8 cm³/mol. The Balaban J connectivity index is 1.52. The second kappa shape index (κ2) is 8.53. The summed E-state index contributed by atoms with van der Waals surface area (Å²) in [6, 6.07) is 13.2. The Hall–Kier alpha value is -3.09. The third-order valence-corrected chi connectivity index (χ3v) is 4.85. The topological polar surface area (TPSA) is 105 Å². The van der Waals surface area contributed by atoms with Gasteiger partial charge in [0, 0.05) is 5.39 Å². The molecular formula is C20H22N2O5. The largest absolute Gasteiger partial charge is 0.483 e. The van der Waals surface area contributed by atoms with Crippen molar-refractivity contribution in [1.29, 1.82) is 0 Å². The van der Waals surface area contributed by atoms with E-state index in [4.69, 9.17) is 4.74 Å². The summed E-state index contributed by atoms with van der Waals surface area (Å²) in [5, 5.41) is 11.1. The maximum Gasteiger partial charge on any atom is 0.307 e. The molecule has 1 saturated carbocycles. The van der Waals surface area contributed by atoms with Crippen molar-refractivity contribution < 1.29 is 24.2 Å². The molecule has 1 fully saturated rings. The first kappa shape index (κ1) is 18.7. The summed E-state index contributed by atoms with van der Waals surface area (Å²) in [5.41, 5.74) is 4.63. The highest BCUT2D eigenvalue weighted by Gasteiger charge is 2.35. The normalized spacial score (nSPS) is 19.3. The highest BCUT2D eigenvalue weighted by atomic mass is 16.5. The monoisotopic (exact) mass is 370 g/mol. The maximum absolute atomic E-state index is 12.2. The van der Waals surface area contributed by atoms with E-state index in [1.807, 2.05) is 36.4 Å². The van der Waals surface area contributed by atoms with E-state index in [1.54, 1.807) is 6.07 Å². The number of nitrogens with one attached hydrogen (secondary N) is 2.